The molecule has 0 aliphatic rings. The van der Waals surface area contributed by atoms with E-state index < -0.39 is 0 Å². The molecule has 3 heteroatoms. The Morgan fingerprint density at radius 2 is 0.627 bits per heavy atom. The molecule has 0 aliphatic carbocycles. The summed E-state index contributed by atoms with van der Waals surface area (Å²) in [5.74, 6) is 0. The normalized spacial score (nSPS) is 12.6. The lowest BCUT2D eigenvalue weighted by atomic mass is 9.85. The standard InChI is InChI=1S/C56H47N3/c1-55(2,3)36-27-30-52-44(33-36)45-34-37(56(4,5)6)28-31-53(45)57(52)38-29-32-54-46(35-38)43-21-11-16-26-51(43)59(54)50-25-15-10-20-42(50)41-19-9-14-24-49(41)58-47-22-12-7-17-39(47)40-18-8-13-23-48(40)58/h7-35H,1-6H3. The fraction of sp³-hybridized carbons (Fsp3) is 0.143. The minimum Gasteiger partial charge on any atom is -0.309 e. The SMILES string of the molecule is CC(C)(C)c1ccc2c(c1)c1cc(C(C)(C)C)ccc1n2-c1ccc2c(c1)c1ccccc1n2-c1ccccc1-c1ccccc1-n1c2ccccc2c2ccccc21. The maximum absolute atomic E-state index is 2.48. The second-order valence-corrected chi connectivity index (χ2v) is 18.3. The van der Waals surface area contributed by atoms with Gasteiger partial charge in [-0.2, -0.15) is 0 Å². The number of fused-ring (bicyclic) bond motifs is 9. The minimum atomic E-state index is 0.0469. The number of hydrogen-bond acceptors (Lipinski definition) is 0. The smallest absolute Gasteiger partial charge is 0.0542 e. The molecular weight excluding hydrogens is 715 g/mol. The summed E-state index contributed by atoms with van der Waals surface area (Å²) in [6.45, 7) is 13.8. The highest BCUT2D eigenvalue weighted by Crippen LogP contribution is 2.43. The van der Waals surface area contributed by atoms with Crippen LogP contribution in [0.4, 0.5) is 0 Å². The maximum atomic E-state index is 2.48. The van der Waals surface area contributed by atoms with Crippen molar-refractivity contribution in [1.82, 2.24) is 13.7 Å². The van der Waals surface area contributed by atoms with E-state index in [1.54, 1.807) is 0 Å². The van der Waals surface area contributed by atoms with Crippen molar-refractivity contribution in [2.45, 2.75) is 52.4 Å². The third-order valence-electron chi connectivity index (χ3n) is 12.6. The lowest BCUT2D eigenvalue weighted by Crippen LogP contribution is -2.10. The van der Waals surface area contributed by atoms with Crippen molar-refractivity contribution in [1.29, 1.82) is 0 Å². The van der Waals surface area contributed by atoms with Gasteiger partial charge in [0, 0.05) is 49.1 Å². The largest absolute Gasteiger partial charge is 0.309 e. The molecule has 0 radical (unpaired) electrons. The summed E-state index contributed by atoms with van der Waals surface area (Å²) in [6.07, 6.45) is 0. The van der Waals surface area contributed by atoms with Crippen molar-refractivity contribution in [2.24, 2.45) is 0 Å². The summed E-state index contributed by atoms with van der Waals surface area (Å²) in [4.78, 5) is 0. The highest BCUT2D eigenvalue weighted by atomic mass is 15.0. The van der Waals surface area contributed by atoms with Crippen LogP contribution in [0.15, 0.2) is 176 Å². The van der Waals surface area contributed by atoms with Crippen LogP contribution in [-0.2, 0) is 10.8 Å². The molecular formula is C56H47N3. The molecule has 8 aromatic carbocycles. The highest BCUT2D eigenvalue weighted by Gasteiger charge is 2.23. The molecule has 3 heterocycles. The third-order valence-corrected chi connectivity index (χ3v) is 12.6. The minimum absolute atomic E-state index is 0.0469. The zero-order valence-corrected chi connectivity index (χ0v) is 34.6. The van der Waals surface area contributed by atoms with E-state index in [2.05, 4.69) is 231 Å². The average Bonchev–Trinajstić information content (AvgIpc) is 3.88. The van der Waals surface area contributed by atoms with Crippen molar-refractivity contribution in [3.63, 3.8) is 0 Å². The van der Waals surface area contributed by atoms with Crippen molar-refractivity contribution >= 4 is 65.4 Å². The zero-order valence-electron chi connectivity index (χ0n) is 34.6. The van der Waals surface area contributed by atoms with E-state index in [9.17, 15) is 0 Å². The van der Waals surface area contributed by atoms with Crippen LogP contribution in [0.2, 0.25) is 0 Å². The van der Waals surface area contributed by atoms with Crippen molar-refractivity contribution < 1.29 is 0 Å². The van der Waals surface area contributed by atoms with Crippen molar-refractivity contribution in [2.75, 3.05) is 0 Å². The maximum Gasteiger partial charge on any atom is 0.0542 e. The molecule has 0 spiro atoms. The number of aromatic nitrogens is 3. The number of hydrogen-bond donors (Lipinski definition) is 0. The predicted octanol–water partition coefficient (Wildman–Crippen LogP) is 15.2. The average molecular weight is 762 g/mol. The van der Waals surface area contributed by atoms with Crippen LogP contribution in [0.25, 0.3) is 93.6 Å². The van der Waals surface area contributed by atoms with E-state index in [1.165, 1.54) is 87.7 Å². The summed E-state index contributed by atoms with van der Waals surface area (Å²) in [6, 6.07) is 65.5. The summed E-state index contributed by atoms with van der Waals surface area (Å²) in [5.41, 5.74) is 15.9. The predicted molar refractivity (Wildman–Crippen MR) is 252 cm³/mol. The topological polar surface area (TPSA) is 14.8 Å². The second kappa shape index (κ2) is 12.8. The van der Waals surface area contributed by atoms with Crippen LogP contribution >= 0.6 is 0 Å². The van der Waals surface area contributed by atoms with Crippen LogP contribution in [-0.4, -0.2) is 13.7 Å². The van der Waals surface area contributed by atoms with Gasteiger partial charge in [-0.25, -0.2) is 0 Å². The molecule has 0 saturated heterocycles. The number of nitrogens with zero attached hydrogens (tertiary/aromatic N) is 3. The monoisotopic (exact) mass is 761 g/mol. The molecule has 0 N–H and O–H groups in total. The summed E-state index contributed by atoms with van der Waals surface area (Å²) >= 11 is 0. The van der Waals surface area contributed by atoms with E-state index in [-0.39, 0.29) is 10.8 Å². The van der Waals surface area contributed by atoms with Gasteiger partial charge >= 0.3 is 0 Å². The Morgan fingerprint density at radius 3 is 1.08 bits per heavy atom. The Kier molecular flexibility index (Phi) is 7.68. The summed E-state index contributed by atoms with van der Waals surface area (Å²) < 4.78 is 7.39. The van der Waals surface area contributed by atoms with E-state index >= 15 is 0 Å². The molecule has 59 heavy (non-hydrogen) atoms. The number of para-hydroxylation sites is 5. The lowest BCUT2D eigenvalue weighted by Gasteiger charge is -2.19. The first-order valence-electron chi connectivity index (χ1n) is 20.9. The number of rotatable bonds is 4. The van der Waals surface area contributed by atoms with Crippen LogP contribution < -0.4 is 0 Å². The first kappa shape index (κ1) is 35.3. The Morgan fingerprint density at radius 1 is 0.288 bits per heavy atom. The summed E-state index contributed by atoms with van der Waals surface area (Å²) in [5, 5.41) is 7.60. The Balaban J connectivity index is 1.14. The van der Waals surface area contributed by atoms with Gasteiger partial charge in [-0.15, -0.1) is 0 Å². The highest BCUT2D eigenvalue weighted by molar-refractivity contribution is 6.13. The molecule has 286 valence electrons. The fourth-order valence-electron chi connectivity index (χ4n) is 9.57. The molecule has 3 nitrogen and oxygen atoms in total. The van der Waals surface area contributed by atoms with Crippen LogP contribution in [0, 0.1) is 0 Å². The molecule has 0 unspecified atom stereocenters. The van der Waals surface area contributed by atoms with Gasteiger partial charge in [0.2, 0.25) is 0 Å². The molecule has 0 amide bonds. The quantitative estimate of drug-likeness (QED) is 0.170. The first-order chi connectivity index (χ1) is 28.6. The molecule has 11 rings (SSSR count). The summed E-state index contributed by atoms with van der Waals surface area (Å²) in [7, 11) is 0. The zero-order chi connectivity index (χ0) is 40.2. The first-order valence-corrected chi connectivity index (χ1v) is 20.9. The van der Waals surface area contributed by atoms with Crippen molar-refractivity contribution in [3.8, 4) is 28.2 Å². The van der Waals surface area contributed by atoms with Gasteiger partial charge in [-0.1, -0.05) is 145 Å². The molecule has 0 aliphatic heterocycles. The van der Waals surface area contributed by atoms with E-state index in [4.69, 9.17) is 0 Å². The van der Waals surface area contributed by atoms with Crippen LogP contribution in [0.3, 0.4) is 0 Å². The molecule has 0 atom stereocenters. The molecule has 0 fully saturated rings. The van der Waals surface area contributed by atoms with E-state index in [0.717, 1.165) is 17.1 Å². The third kappa shape index (κ3) is 5.41. The van der Waals surface area contributed by atoms with Crippen LogP contribution in [0.5, 0.6) is 0 Å². The van der Waals surface area contributed by atoms with Gasteiger partial charge in [0.25, 0.3) is 0 Å². The van der Waals surface area contributed by atoms with Gasteiger partial charge in [0.05, 0.1) is 44.5 Å². The molecule has 11 aromatic rings. The second-order valence-electron chi connectivity index (χ2n) is 18.3. The lowest BCUT2D eigenvalue weighted by molar-refractivity contribution is 0.590. The number of benzene rings is 8. The van der Waals surface area contributed by atoms with E-state index in [0.29, 0.717) is 0 Å². The Labute approximate surface area is 345 Å². The van der Waals surface area contributed by atoms with Gasteiger partial charge < -0.3 is 13.7 Å². The van der Waals surface area contributed by atoms with Gasteiger partial charge in [-0.3, -0.25) is 0 Å². The molecule has 0 bridgehead atoms. The van der Waals surface area contributed by atoms with Gasteiger partial charge in [-0.05, 0) is 94.8 Å². The molecule has 3 aromatic heterocycles. The van der Waals surface area contributed by atoms with Crippen molar-refractivity contribution in [3.05, 3.63) is 187 Å². The fourth-order valence-corrected chi connectivity index (χ4v) is 9.57. The van der Waals surface area contributed by atoms with Gasteiger partial charge in [0.15, 0.2) is 0 Å². The van der Waals surface area contributed by atoms with Crippen LogP contribution in [0.1, 0.15) is 52.7 Å². The van der Waals surface area contributed by atoms with Gasteiger partial charge in [0.1, 0.15) is 0 Å². The van der Waals surface area contributed by atoms with E-state index in [1.807, 2.05) is 0 Å². The molecule has 0 saturated carbocycles. The Bertz CT molecular complexity index is 3340. The Hall–Kier alpha value is -6.84.